The van der Waals surface area contributed by atoms with Crippen molar-refractivity contribution in [3.05, 3.63) is 38.9 Å². The van der Waals surface area contributed by atoms with E-state index in [1.54, 1.807) is 25.2 Å². The molecule has 2 heterocycles. The first kappa shape index (κ1) is 16.2. The minimum Gasteiger partial charge on any atom is -0.477 e. The average molecular weight is 345 g/mol. The second kappa shape index (κ2) is 6.27. The third-order valence-electron chi connectivity index (χ3n) is 2.80. The molecule has 1 unspecified atom stereocenters. The van der Waals surface area contributed by atoms with Crippen LogP contribution in [0.15, 0.2) is 27.8 Å². The number of carbonyl (C=O) groups is 1. The van der Waals surface area contributed by atoms with Gasteiger partial charge in [0.15, 0.2) is 0 Å². The van der Waals surface area contributed by atoms with E-state index in [2.05, 4.69) is 4.72 Å². The van der Waals surface area contributed by atoms with Crippen LogP contribution in [0.25, 0.3) is 0 Å². The molecule has 2 aromatic heterocycles. The Morgan fingerprint density at radius 3 is 2.71 bits per heavy atom. The highest BCUT2D eigenvalue weighted by Crippen LogP contribution is 2.26. The van der Waals surface area contributed by atoms with E-state index in [1.807, 2.05) is 17.5 Å². The van der Waals surface area contributed by atoms with Crippen molar-refractivity contribution in [1.29, 1.82) is 0 Å². The number of aromatic carboxylic acids is 1. The molecule has 5 nitrogen and oxygen atoms in total. The van der Waals surface area contributed by atoms with Gasteiger partial charge in [-0.25, -0.2) is 17.9 Å². The predicted molar refractivity (Wildman–Crippen MR) is 83.8 cm³/mol. The highest BCUT2D eigenvalue weighted by molar-refractivity contribution is 7.91. The number of thiophene rings is 2. The number of hydrogen-bond donors (Lipinski definition) is 2. The van der Waals surface area contributed by atoms with Gasteiger partial charge in [-0.2, -0.15) is 0 Å². The molecule has 0 aliphatic carbocycles. The van der Waals surface area contributed by atoms with Crippen LogP contribution in [-0.4, -0.2) is 25.5 Å². The van der Waals surface area contributed by atoms with Crippen molar-refractivity contribution in [2.45, 2.75) is 30.5 Å². The van der Waals surface area contributed by atoms with Gasteiger partial charge in [0.25, 0.3) is 0 Å². The Hall–Kier alpha value is -1.22. The quantitative estimate of drug-likeness (QED) is 0.843. The van der Waals surface area contributed by atoms with E-state index in [0.717, 1.165) is 16.2 Å². The molecule has 1 atom stereocenters. The molecule has 8 heteroatoms. The van der Waals surface area contributed by atoms with E-state index in [4.69, 9.17) is 5.11 Å². The minimum absolute atomic E-state index is 0.0374. The lowest BCUT2D eigenvalue weighted by atomic mass is 10.2. The van der Waals surface area contributed by atoms with E-state index < -0.39 is 16.0 Å². The lowest BCUT2D eigenvalue weighted by Gasteiger charge is -2.12. The van der Waals surface area contributed by atoms with Crippen molar-refractivity contribution in [3.63, 3.8) is 0 Å². The fourth-order valence-electron chi connectivity index (χ4n) is 1.89. The standard InChI is InChI=1S/C13H15NO4S3/c1-8-6-11(20-12(8)13(15)16)21(17,18)14-9(2)7-10-4-3-5-19-10/h3-6,9,14H,7H2,1-2H3,(H,15,16). The Bertz CT molecular complexity index is 732. The molecule has 0 amide bonds. The monoisotopic (exact) mass is 345 g/mol. The van der Waals surface area contributed by atoms with Gasteiger partial charge >= 0.3 is 5.97 Å². The summed E-state index contributed by atoms with van der Waals surface area (Å²) in [4.78, 5) is 12.1. The Balaban J connectivity index is 2.14. The normalized spacial score (nSPS) is 13.2. The lowest BCUT2D eigenvalue weighted by molar-refractivity contribution is 0.0701. The summed E-state index contributed by atoms with van der Waals surface area (Å²) in [6, 6.07) is 5.01. The first-order valence-corrected chi connectivity index (χ1v) is 9.36. The largest absolute Gasteiger partial charge is 0.477 e. The molecule has 0 aliphatic heterocycles. The highest BCUT2D eigenvalue weighted by atomic mass is 32.2. The zero-order valence-electron chi connectivity index (χ0n) is 11.5. The maximum Gasteiger partial charge on any atom is 0.346 e. The summed E-state index contributed by atoms with van der Waals surface area (Å²) in [6.07, 6.45) is 0.604. The second-order valence-electron chi connectivity index (χ2n) is 4.69. The fraction of sp³-hybridized carbons (Fsp3) is 0.308. The van der Waals surface area contributed by atoms with Gasteiger partial charge in [-0.3, -0.25) is 0 Å². The van der Waals surface area contributed by atoms with E-state index in [-0.39, 0.29) is 15.1 Å². The molecule has 21 heavy (non-hydrogen) atoms. The van der Waals surface area contributed by atoms with E-state index in [0.29, 0.717) is 12.0 Å². The van der Waals surface area contributed by atoms with Crippen molar-refractivity contribution in [3.8, 4) is 0 Å². The molecular weight excluding hydrogens is 330 g/mol. The van der Waals surface area contributed by atoms with Crippen LogP contribution in [0.2, 0.25) is 0 Å². The molecule has 0 aliphatic rings. The smallest absolute Gasteiger partial charge is 0.346 e. The van der Waals surface area contributed by atoms with Crippen molar-refractivity contribution in [2.75, 3.05) is 0 Å². The molecule has 0 aromatic carbocycles. The third kappa shape index (κ3) is 3.91. The number of hydrogen-bond acceptors (Lipinski definition) is 5. The fourth-order valence-corrected chi connectivity index (χ4v) is 5.37. The van der Waals surface area contributed by atoms with Crippen molar-refractivity contribution >= 4 is 38.7 Å². The Labute approximate surface area is 131 Å². The predicted octanol–water partition coefficient (Wildman–Crippen LogP) is 2.73. The molecule has 0 fully saturated rings. The molecule has 2 N–H and O–H groups in total. The number of sulfonamides is 1. The highest BCUT2D eigenvalue weighted by Gasteiger charge is 2.23. The van der Waals surface area contributed by atoms with E-state index in [9.17, 15) is 13.2 Å². The van der Waals surface area contributed by atoms with Crippen LogP contribution < -0.4 is 4.72 Å². The van der Waals surface area contributed by atoms with Crippen LogP contribution in [0, 0.1) is 6.92 Å². The van der Waals surface area contributed by atoms with Gasteiger partial charge in [0.1, 0.15) is 9.09 Å². The Morgan fingerprint density at radius 1 is 1.48 bits per heavy atom. The zero-order chi connectivity index (χ0) is 15.6. The summed E-state index contributed by atoms with van der Waals surface area (Å²) in [5.74, 6) is -1.11. The van der Waals surface area contributed by atoms with Crippen LogP contribution in [0.5, 0.6) is 0 Å². The van der Waals surface area contributed by atoms with Crippen LogP contribution in [-0.2, 0) is 16.4 Å². The van der Waals surface area contributed by atoms with Gasteiger partial charge in [-0.1, -0.05) is 6.07 Å². The van der Waals surface area contributed by atoms with Crippen molar-refractivity contribution in [1.82, 2.24) is 4.72 Å². The molecule has 0 radical (unpaired) electrons. The van der Waals surface area contributed by atoms with Gasteiger partial charge in [-0.05, 0) is 43.3 Å². The summed E-state index contributed by atoms with van der Waals surface area (Å²) in [5, 5.41) is 10.9. The first-order chi connectivity index (χ1) is 9.79. The van der Waals surface area contributed by atoms with Gasteiger partial charge in [0.05, 0.1) is 0 Å². The first-order valence-electron chi connectivity index (χ1n) is 6.18. The van der Waals surface area contributed by atoms with E-state index in [1.165, 1.54) is 6.07 Å². The van der Waals surface area contributed by atoms with Crippen LogP contribution in [0.4, 0.5) is 0 Å². The Kier molecular flexibility index (Phi) is 4.82. The number of nitrogens with one attached hydrogen (secondary N) is 1. The van der Waals surface area contributed by atoms with Gasteiger partial charge in [0.2, 0.25) is 10.0 Å². The number of carboxylic acids is 1. The Morgan fingerprint density at radius 2 is 2.19 bits per heavy atom. The topological polar surface area (TPSA) is 83.5 Å². The third-order valence-corrected chi connectivity index (χ3v) is 6.99. The molecular formula is C13H15NO4S3. The van der Waals surface area contributed by atoms with Crippen molar-refractivity contribution in [2.24, 2.45) is 0 Å². The molecule has 2 aromatic rings. The summed E-state index contributed by atoms with van der Waals surface area (Å²) in [5.41, 5.74) is 0.457. The second-order valence-corrected chi connectivity index (χ2v) is 8.71. The SMILES string of the molecule is Cc1cc(S(=O)(=O)NC(C)Cc2cccs2)sc1C(=O)O. The molecule has 114 valence electrons. The molecule has 0 saturated carbocycles. The van der Waals surface area contributed by atoms with Crippen LogP contribution in [0.3, 0.4) is 0 Å². The summed E-state index contributed by atoms with van der Waals surface area (Å²) in [6.45, 7) is 3.38. The number of carboxylic acid groups (broad SMARTS) is 1. The summed E-state index contributed by atoms with van der Waals surface area (Å²) >= 11 is 2.35. The molecule has 0 saturated heterocycles. The van der Waals surface area contributed by atoms with Gasteiger partial charge in [-0.15, -0.1) is 22.7 Å². The number of aryl methyl sites for hydroxylation is 1. The van der Waals surface area contributed by atoms with E-state index >= 15 is 0 Å². The minimum atomic E-state index is -3.69. The van der Waals surface area contributed by atoms with Gasteiger partial charge in [0, 0.05) is 10.9 Å². The van der Waals surface area contributed by atoms with Crippen LogP contribution in [0.1, 0.15) is 27.0 Å². The summed E-state index contributed by atoms with van der Waals surface area (Å²) < 4.78 is 27.2. The maximum absolute atomic E-state index is 12.3. The van der Waals surface area contributed by atoms with Crippen molar-refractivity contribution < 1.29 is 18.3 Å². The molecule has 0 bridgehead atoms. The zero-order valence-corrected chi connectivity index (χ0v) is 13.9. The van der Waals surface area contributed by atoms with Crippen LogP contribution >= 0.6 is 22.7 Å². The molecule has 0 spiro atoms. The molecule has 2 rings (SSSR count). The van der Waals surface area contributed by atoms with Gasteiger partial charge < -0.3 is 5.11 Å². The lowest BCUT2D eigenvalue weighted by Crippen LogP contribution is -2.33. The average Bonchev–Trinajstić information content (AvgIpc) is 2.97. The summed E-state index contributed by atoms with van der Waals surface area (Å²) in [7, 11) is -3.69. The number of rotatable bonds is 6. The maximum atomic E-state index is 12.3.